The van der Waals surface area contributed by atoms with Crippen LogP contribution >= 0.6 is 0 Å². The normalized spacial score (nSPS) is 10.3. The molecule has 0 aliphatic heterocycles. The van der Waals surface area contributed by atoms with Crippen LogP contribution in [0.2, 0.25) is 0 Å². The number of aromatic nitrogens is 3. The van der Waals surface area contributed by atoms with Crippen molar-refractivity contribution in [2.75, 3.05) is 10.6 Å². The van der Waals surface area contributed by atoms with E-state index in [1.54, 1.807) is 24.5 Å². The van der Waals surface area contributed by atoms with Crippen molar-refractivity contribution in [3.05, 3.63) is 96.3 Å². The van der Waals surface area contributed by atoms with Gasteiger partial charge in [0.15, 0.2) is 0 Å². The van der Waals surface area contributed by atoms with E-state index >= 15 is 0 Å². The SMILES string of the molecule is CC(=O)Nc1ccc(-c2ccnc(Nc3cc(CNC(=O)c4ccccc4)ccn3)n2)cc1. The molecule has 0 aliphatic carbocycles. The number of anilines is 3. The Morgan fingerprint density at radius 1 is 0.879 bits per heavy atom. The predicted molar refractivity (Wildman–Crippen MR) is 127 cm³/mol. The standard InChI is InChI=1S/C25H22N6O2/c1-17(32)29-21-9-7-19(8-10-21)22-12-14-27-25(30-22)31-23-15-18(11-13-26-23)16-28-24(33)20-5-3-2-4-6-20/h2-15H,16H2,1H3,(H,28,33)(H,29,32)(H,26,27,30,31). The highest BCUT2D eigenvalue weighted by molar-refractivity contribution is 5.94. The predicted octanol–water partition coefficient (Wildman–Crippen LogP) is 4.17. The Hall–Kier alpha value is -4.59. The van der Waals surface area contributed by atoms with E-state index in [1.807, 2.05) is 60.7 Å². The van der Waals surface area contributed by atoms with Crippen LogP contribution < -0.4 is 16.0 Å². The van der Waals surface area contributed by atoms with E-state index in [0.717, 1.165) is 22.5 Å². The Morgan fingerprint density at radius 2 is 1.64 bits per heavy atom. The zero-order valence-corrected chi connectivity index (χ0v) is 17.9. The van der Waals surface area contributed by atoms with Crippen molar-refractivity contribution in [3.63, 3.8) is 0 Å². The maximum atomic E-state index is 12.3. The first kappa shape index (κ1) is 21.6. The van der Waals surface area contributed by atoms with Gasteiger partial charge in [-0.1, -0.05) is 30.3 Å². The van der Waals surface area contributed by atoms with Gasteiger partial charge in [-0.25, -0.2) is 15.0 Å². The van der Waals surface area contributed by atoms with Gasteiger partial charge in [0.1, 0.15) is 5.82 Å². The van der Waals surface area contributed by atoms with Gasteiger partial charge in [-0.3, -0.25) is 9.59 Å². The van der Waals surface area contributed by atoms with Gasteiger partial charge in [0.2, 0.25) is 11.9 Å². The average Bonchev–Trinajstić information content (AvgIpc) is 2.84. The van der Waals surface area contributed by atoms with Gasteiger partial charge in [-0.15, -0.1) is 0 Å². The summed E-state index contributed by atoms with van der Waals surface area (Å²) in [6, 6.07) is 22.0. The summed E-state index contributed by atoms with van der Waals surface area (Å²) in [5.41, 5.74) is 3.84. The second kappa shape index (κ2) is 10.1. The van der Waals surface area contributed by atoms with Crippen molar-refractivity contribution in [3.8, 4) is 11.3 Å². The molecule has 2 aromatic heterocycles. The maximum absolute atomic E-state index is 12.3. The second-order valence-corrected chi connectivity index (χ2v) is 7.25. The lowest BCUT2D eigenvalue weighted by Gasteiger charge is -2.09. The summed E-state index contributed by atoms with van der Waals surface area (Å²) in [7, 11) is 0. The maximum Gasteiger partial charge on any atom is 0.251 e. The summed E-state index contributed by atoms with van der Waals surface area (Å²) in [5, 5.41) is 8.75. The van der Waals surface area contributed by atoms with Crippen LogP contribution in [0, 0.1) is 0 Å². The number of nitrogens with one attached hydrogen (secondary N) is 3. The lowest BCUT2D eigenvalue weighted by Crippen LogP contribution is -2.22. The quantitative estimate of drug-likeness (QED) is 0.400. The molecule has 33 heavy (non-hydrogen) atoms. The zero-order chi connectivity index (χ0) is 23.0. The minimum Gasteiger partial charge on any atom is -0.348 e. The van der Waals surface area contributed by atoms with Crippen LogP contribution in [0.1, 0.15) is 22.8 Å². The van der Waals surface area contributed by atoms with Gasteiger partial charge in [0.05, 0.1) is 5.69 Å². The Balaban J connectivity index is 1.42. The molecule has 0 saturated carbocycles. The molecule has 0 unspecified atom stereocenters. The van der Waals surface area contributed by atoms with Gasteiger partial charge >= 0.3 is 0 Å². The van der Waals surface area contributed by atoms with Crippen molar-refractivity contribution in [2.24, 2.45) is 0 Å². The van der Waals surface area contributed by atoms with Gasteiger partial charge < -0.3 is 16.0 Å². The molecule has 3 N–H and O–H groups in total. The average molecular weight is 438 g/mol. The molecule has 2 amide bonds. The molecular weight excluding hydrogens is 416 g/mol. The Morgan fingerprint density at radius 3 is 2.39 bits per heavy atom. The highest BCUT2D eigenvalue weighted by Gasteiger charge is 2.07. The summed E-state index contributed by atoms with van der Waals surface area (Å²) in [6.07, 6.45) is 3.33. The number of benzene rings is 2. The Bertz CT molecular complexity index is 1260. The molecule has 2 aromatic carbocycles. The number of carbonyl (C=O) groups is 2. The van der Waals surface area contributed by atoms with Crippen molar-refractivity contribution < 1.29 is 9.59 Å². The second-order valence-electron chi connectivity index (χ2n) is 7.25. The van der Waals surface area contributed by atoms with E-state index in [9.17, 15) is 9.59 Å². The van der Waals surface area contributed by atoms with Crippen LogP contribution in [0.4, 0.5) is 17.5 Å². The van der Waals surface area contributed by atoms with Gasteiger partial charge in [-0.05, 0) is 48.0 Å². The van der Waals surface area contributed by atoms with E-state index in [4.69, 9.17) is 0 Å². The molecule has 164 valence electrons. The molecule has 0 atom stereocenters. The number of nitrogens with zero attached hydrogens (tertiary/aromatic N) is 3. The van der Waals surface area contributed by atoms with E-state index < -0.39 is 0 Å². The summed E-state index contributed by atoms with van der Waals surface area (Å²) in [5.74, 6) is 0.712. The van der Waals surface area contributed by atoms with E-state index in [2.05, 4.69) is 30.9 Å². The topological polar surface area (TPSA) is 109 Å². The number of hydrogen-bond acceptors (Lipinski definition) is 6. The first-order valence-electron chi connectivity index (χ1n) is 10.3. The molecule has 0 radical (unpaired) electrons. The highest BCUT2D eigenvalue weighted by atomic mass is 16.2. The summed E-state index contributed by atoms with van der Waals surface area (Å²) in [4.78, 5) is 36.6. The van der Waals surface area contributed by atoms with E-state index in [-0.39, 0.29) is 11.8 Å². The third-order valence-electron chi connectivity index (χ3n) is 4.71. The number of hydrogen-bond donors (Lipinski definition) is 3. The molecule has 0 spiro atoms. The number of carbonyl (C=O) groups excluding carboxylic acids is 2. The lowest BCUT2D eigenvalue weighted by atomic mass is 10.1. The van der Waals surface area contributed by atoms with Gasteiger partial charge in [0, 0.05) is 42.7 Å². The third kappa shape index (κ3) is 5.98. The monoisotopic (exact) mass is 438 g/mol. The lowest BCUT2D eigenvalue weighted by molar-refractivity contribution is -0.114. The fourth-order valence-electron chi connectivity index (χ4n) is 3.15. The Kier molecular flexibility index (Phi) is 6.65. The van der Waals surface area contributed by atoms with E-state index in [1.165, 1.54) is 6.92 Å². The van der Waals surface area contributed by atoms with Gasteiger partial charge in [-0.2, -0.15) is 0 Å². The molecule has 2 heterocycles. The molecule has 4 aromatic rings. The summed E-state index contributed by atoms with van der Waals surface area (Å²) in [6.45, 7) is 1.84. The largest absolute Gasteiger partial charge is 0.348 e. The molecule has 0 fully saturated rings. The van der Waals surface area contributed by atoms with Crippen molar-refractivity contribution in [1.29, 1.82) is 0 Å². The van der Waals surface area contributed by atoms with Gasteiger partial charge in [0.25, 0.3) is 5.91 Å². The fourth-order valence-corrected chi connectivity index (χ4v) is 3.15. The number of pyridine rings is 1. The van der Waals surface area contributed by atoms with Crippen LogP contribution in [0.15, 0.2) is 85.2 Å². The molecule has 0 aliphatic rings. The Labute approximate surface area is 191 Å². The van der Waals surface area contributed by atoms with Crippen molar-refractivity contribution in [1.82, 2.24) is 20.3 Å². The van der Waals surface area contributed by atoms with Crippen molar-refractivity contribution in [2.45, 2.75) is 13.5 Å². The van der Waals surface area contributed by atoms with Crippen LogP contribution in [-0.2, 0) is 11.3 Å². The highest BCUT2D eigenvalue weighted by Crippen LogP contribution is 2.21. The van der Waals surface area contributed by atoms with Crippen LogP contribution in [0.25, 0.3) is 11.3 Å². The smallest absolute Gasteiger partial charge is 0.251 e. The molecule has 4 rings (SSSR count). The number of amides is 2. The van der Waals surface area contributed by atoms with Crippen molar-refractivity contribution >= 4 is 29.3 Å². The molecule has 8 heteroatoms. The first-order chi connectivity index (χ1) is 16.1. The van der Waals surface area contributed by atoms with Crippen LogP contribution in [0.3, 0.4) is 0 Å². The third-order valence-corrected chi connectivity index (χ3v) is 4.71. The molecule has 0 saturated heterocycles. The van der Waals surface area contributed by atoms with Crippen LogP contribution in [0.5, 0.6) is 0 Å². The summed E-state index contributed by atoms with van der Waals surface area (Å²) >= 11 is 0. The number of rotatable bonds is 7. The first-order valence-corrected chi connectivity index (χ1v) is 10.3. The zero-order valence-electron chi connectivity index (χ0n) is 17.9. The molecule has 0 bridgehead atoms. The minimum atomic E-state index is -0.137. The van der Waals surface area contributed by atoms with Crippen LogP contribution in [-0.4, -0.2) is 26.8 Å². The molecular formula is C25H22N6O2. The van der Waals surface area contributed by atoms with E-state index in [0.29, 0.717) is 23.9 Å². The minimum absolute atomic E-state index is 0.120. The fraction of sp³-hybridized carbons (Fsp3) is 0.0800. The summed E-state index contributed by atoms with van der Waals surface area (Å²) < 4.78 is 0. The molecule has 8 nitrogen and oxygen atoms in total.